The van der Waals surface area contributed by atoms with E-state index in [9.17, 15) is 10.5 Å². The third kappa shape index (κ3) is 2.63. The average Bonchev–Trinajstić information content (AvgIpc) is 3.21. The van der Waals surface area contributed by atoms with Gasteiger partial charge in [-0.05, 0) is 23.6 Å². The number of nitrogens with zero attached hydrogens (tertiary/aromatic N) is 4. The second kappa shape index (κ2) is 6.16. The van der Waals surface area contributed by atoms with Crippen LogP contribution in [-0.4, -0.2) is 9.97 Å². The smallest absolute Gasteiger partial charge is 0.107 e. The first-order chi connectivity index (χ1) is 12.3. The van der Waals surface area contributed by atoms with E-state index >= 15 is 0 Å². The van der Waals surface area contributed by atoms with Gasteiger partial charge in [0.15, 0.2) is 0 Å². The number of nitriles is 2. The lowest BCUT2D eigenvalue weighted by Crippen LogP contribution is -1.96. The van der Waals surface area contributed by atoms with Crippen LogP contribution in [0.4, 0.5) is 0 Å². The largest absolute Gasteiger partial charge is 0.244 e. The van der Waals surface area contributed by atoms with Crippen molar-refractivity contribution in [2.45, 2.75) is 0 Å². The quantitative estimate of drug-likeness (QED) is 0.528. The Balaban J connectivity index is 2.07. The summed E-state index contributed by atoms with van der Waals surface area (Å²) in [7, 11) is 0. The number of aromatic nitrogens is 2. The Hall–Kier alpha value is -3.54. The van der Waals surface area contributed by atoms with E-state index in [4.69, 9.17) is 9.97 Å². The Labute approximate surface area is 148 Å². The zero-order valence-corrected chi connectivity index (χ0v) is 13.8. The summed E-state index contributed by atoms with van der Waals surface area (Å²) >= 11 is 1.59. The Bertz CT molecular complexity index is 1150. The molecule has 4 nitrogen and oxygen atoms in total. The van der Waals surface area contributed by atoms with Crippen LogP contribution in [0, 0.1) is 22.7 Å². The van der Waals surface area contributed by atoms with Crippen molar-refractivity contribution in [2.24, 2.45) is 0 Å². The van der Waals surface area contributed by atoms with Crippen LogP contribution in [0.5, 0.6) is 0 Å². The molecule has 0 radical (unpaired) electrons. The van der Waals surface area contributed by atoms with E-state index < -0.39 is 0 Å². The summed E-state index contributed by atoms with van der Waals surface area (Å²) < 4.78 is 0. The molecule has 0 amide bonds. The van der Waals surface area contributed by atoms with Crippen LogP contribution in [0.25, 0.3) is 32.9 Å². The molecule has 116 valence electrons. The molecule has 0 spiro atoms. The minimum atomic E-state index is 0.312. The van der Waals surface area contributed by atoms with Crippen LogP contribution >= 0.6 is 11.3 Å². The predicted octanol–water partition coefficient (Wildman–Crippen LogP) is 4.77. The zero-order valence-electron chi connectivity index (χ0n) is 13.0. The fourth-order valence-electron chi connectivity index (χ4n) is 2.67. The Morgan fingerprint density at radius 3 is 1.96 bits per heavy atom. The Kier molecular flexibility index (Phi) is 3.70. The molecule has 5 heteroatoms. The average molecular weight is 338 g/mol. The van der Waals surface area contributed by atoms with Gasteiger partial charge in [0, 0.05) is 5.56 Å². The van der Waals surface area contributed by atoms with Crippen LogP contribution in [0.15, 0.2) is 60.0 Å². The van der Waals surface area contributed by atoms with Crippen molar-refractivity contribution in [3.8, 4) is 34.0 Å². The lowest BCUT2D eigenvalue weighted by molar-refractivity contribution is 1.29. The lowest BCUT2D eigenvalue weighted by Gasteiger charge is -2.09. The molecule has 0 atom stereocenters. The molecule has 0 bridgehead atoms. The monoisotopic (exact) mass is 338 g/mol. The molecule has 2 heterocycles. The molecule has 2 aromatic heterocycles. The van der Waals surface area contributed by atoms with E-state index in [1.165, 1.54) is 0 Å². The maximum atomic E-state index is 9.25. The maximum Gasteiger partial charge on any atom is 0.107 e. The van der Waals surface area contributed by atoms with Crippen molar-refractivity contribution in [1.29, 1.82) is 10.5 Å². The standard InChI is InChI=1S/C20H10N4S/c21-11-14-9-16-17(10-15(14)12-22)24-20(18-7-4-8-25-18)19(23-16)13-5-2-1-3-6-13/h1-10H. The van der Waals surface area contributed by atoms with Gasteiger partial charge in [0.25, 0.3) is 0 Å². The molecule has 0 fully saturated rings. The molecule has 0 saturated heterocycles. The first kappa shape index (κ1) is 15.0. The van der Waals surface area contributed by atoms with Crippen molar-refractivity contribution >= 4 is 22.4 Å². The van der Waals surface area contributed by atoms with Crippen LogP contribution in [-0.2, 0) is 0 Å². The molecule has 0 saturated carbocycles. The topological polar surface area (TPSA) is 73.4 Å². The third-order valence-corrected chi connectivity index (χ3v) is 4.72. The minimum absolute atomic E-state index is 0.312. The van der Waals surface area contributed by atoms with Gasteiger partial charge >= 0.3 is 0 Å². The van der Waals surface area contributed by atoms with E-state index in [1.807, 2.05) is 47.8 Å². The molecule has 4 aromatic rings. The van der Waals surface area contributed by atoms with Gasteiger partial charge < -0.3 is 0 Å². The highest BCUT2D eigenvalue weighted by atomic mass is 32.1. The summed E-state index contributed by atoms with van der Waals surface area (Å²) in [5.74, 6) is 0. The first-order valence-electron chi connectivity index (χ1n) is 7.55. The summed E-state index contributed by atoms with van der Waals surface area (Å²) in [5, 5.41) is 20.5. The van der Waals surface area contributed by atoms with Crippen LogP contribution in [0.3, 0.4) is 0 Å². The van der Waals surface area contributed by atoms with E-state index in [1.54, 1.807) is 23.5 Å². The molecular weight excluding hydrogens is 328 g/mol. The van der Waals surface area contributed by atoms with Gasteiger partial charge in [-0.25, -0.2) is 9.97 Å². The van der Waals surface area contributed by atoms with E-state index in [0.29, 0.717) is 22.2 Å². The van der Waals surface area contributed by atoms with Gasteiger partial charge in [-0.3, -0.25) is 0 Å². The molecule has 0 aliphatic heterocycles. The highest BCUT2D eigenvalue weighted by Crippen LogP contribution is 2.33. The minimum Gasteiger partial charge on any atom is -0.244 e. The highest BCUT2D eigenvalue weighted by molar-refractivity contribution is 7.13. The summed E-state index contributed by atoms with van der Waals surface area (Å²) in [5.41, 5.74) is 4.35. The van der Waals surface area contributed by atoms with E-state index in [0.717, 1.165) is 21.8 Å². The third-order valence-electron chi connectivity index (χ3n) is 3.85. The molecular formula is C20H10N4S. The second-order valence-corrected chi connectivity index (χ2v) is 6.32. The lowest BCUT2D eigenvalue weighted by atomic mass is 10.1. The summed E-state index contributed by atoms with van der Waals surface area (Å²) in [6, 6.07) is 21.2. The summed E-state index contributed by atoms with van der Waals surface area (Å²) in [6.45, 7) is 0. The zero-order chi connectivity index (χ0) is 17.2. The molecule has 0 aliphatic carbocycles. The van der Waals surface area contributed by atoms with E-state index in [-0.39, 0.29) is 0 Å². The van der Waals surface area contributed by atoms with Crippen LogP contribution in [0.1, 0.15) is 11.1 Å². The van der Waals surface area contributed by atoms with Gasteiger partial charge in [-0.15, -0.1) is 11.3 Å². The van der Waals surface area contributed by atoms with Crippen LogP contribution < -0.4 is 0 Å². The van der Waals surface area contributed by atoms with Crippen molar-refractivity contribution in [2.75, 3.05) is 0 Å². The number of benzene rings is 2. The molecule has 0 N–H and O–H groups in total. The van der Waals surface area contributed by atoms with Gasteiger partial charge in [0.05, 0.1) is 32.7 Å². The number of hydrogen-bond acceptors (Lipinski definition) is 5. The molecule has 0 aliphatic rings. The number of hydrogen-bond donors (Lipinski definition) is 0. The number of rotatable bonds is 2. The van der Waals surface area contributed by atoms with Gasteiger partial charge in [0.1, 0.15) is 17.8 Å². The second-order valence-electron chi connectivity index (χ2n) is 5.37. The Morgan fingerprint density at radius 2 is 1.40 bits per heavy atom. The van der Waals surface area contributed by atoms with E-state index in [2.05, 4.69) is 12.1 Å². The molecule has 25 heavy (non-hydrogen) atoms. The van der Waals surface area contributed by atoms with Crippen molar-refractivity contribution in [3.05, 3.63) is 71.1 Å². The van der Waals surface area contributed by atoms with Gasteiger partial charge in [-0.2, -0.15) is 10.5 Å². The van der Waals surface area contributed by atoms with Crippen LogP contribution in [0.2, 0.25) is 0 Å². The first-order valence-corrected chi connectivity index (χ1v) is 8.43. The van der Waals surface area contributed by atoms with Gasteiger partial charge in [0.2, 0.25) is 0 Å². The van der Waals surface area contributed by atoms with Crippen molar-refractivity contribution in [3.63, 3.8) is 0 Å². The summed E-state index contributed by atoms with van der Waals surface area (Å²) in [4.78, 5) is 10.5. The summed E-state index contributed by atoms with van der Waals surface area (Å²) in [6.07, 6.45) is 0. The fraction of sp³-hybridized carbons (Fsp3) is 0. The number of fused-ring (bicyclic) bond motifs is 1. The molecule has 0 unspecified atom stereocenters. The Morgan fingerprint density at radius 1 is 0.760 bits per heavy atom. The normalized spacial score (nSPS) is 10.3. The highest BCUT2D eigenvalue weighted by Gasteiger charge is 2.15. The number of thiophene rings is 1. The SMILES string of the molecule is N#Cc1cc2nc(-c3ccccc3)c(-c3cccs3)nc2cc1C#N. The fourth-order valence-corrected chi connectivity index (χ4v) is 3.38. The predicted molar refractivity (Wildman–Crippen MR) is 97.7 cm³/mol. The van der Waals surface area contributed by atoms with Crippen molar-refractivity contribution < 1.29 is 0 Å². The maximum absolute atomic E-state index is 9.25. The molecule has 2 aromatic carbocycles. The van der Waals surface area contributed by atoms with Crippen molar-refractivity contribution in [1.82, 2.24) is 9.97 Å². The molecule has 4 rings (SSSR count). The van der Waals surface area contributed by atoms with Gasteiger partial charge in [-0.1, -0.05) is 36.4 Å².